The molecule has 21 heavy (non-hydrogen) atoms. The molecule has 0 radical (unpaired) electrons. The highest BCUT2D eigenvalue weighted by molar-refractivity contribution is 5.40. The zero-order chi connectivity index (χ0) is 14.8. The van der Waals surface area contributed by atoms with Gasteiger partial charge in [0, 0.05) is 18.7 Å². The van der Waals surface area contributed by atoms with E-state index in [1.54, 1.807) is 0 Å². The Morgan fingerprint density at radius 3 is 2.86 bits per heavy atom. The molecule has 0 spiro atoms. The van der Waals surface area contributed by atoms with Gasteiger partial charge in [0.05, 0.1) is 6.04 Å². The lowest BCUT2D eigenvalue weighted by Gasteiger charge is -2.35. The Balaban J connectivity index is 1.90. The van der Waals surface area contributed by atoms with Crippen LogP contribution in [0.5, 0.6) is 0 Å². The lowest BCUT2D eigenvalue weighted by atomic mass is 10.0. The van der Waals surface area contributed by atoms with Crippen molar-refractivity contribution in [3.63, 3.8) is 0 Å². The number of nitrogens with one attached hydrogen (secondary N) is 1. The molecule has 1 atom stereocenters. The zero-order valence-corrected chi connectivity index (χ0v) is 12.9. The highest BCUT2D eigenvalue weighted by atomic mass is 15.3. The van der Waals surface area contributed by atoms with Crippen molar-refractivity contribution in [2.24, 2.45) is 0 Å². The van der Waals surface area contributed by atoms with Gasteiger partial charge in [-0.1, -0.05) is 13.8 Å². The van der Waals surface area contributed by atoms with Gasteiger partial charge in [0.25, 0.3) is 0 Å². The number of piperidine rings is 1. The quantitative estimate of drug-likeness (QED) is 0.939. The Morgan fingerprint density at radius 1 is 1.29 bits per heavy atom. The summed E-state index contributed by atoms with van der Waals surface area (Å²) in [5, 5.41) is 7.47. The van der Waals surface area contributed by atoms with Gasteiger partial charge in [0.15, 0.2) is 5.82 Å². The van der Waals surface area contributed by atoms with Crippen molar-refractivity contribution in [2.45, 2.75) is 52.0 Å². The number of aromatic amines is 1. The number of hydrogen-bond acceptors (Lipinski definition) is 5. The van der Waals surface area contributed by atoms with Crippen LogP contribution in [0.3, 0.4) is 0 Å². The molecule has 0 bridgehead atoms. The Morgan fingerprint density at radius 2 is 2.14 bits per heavy atom. The molecular weight excluding hydrogens is 264 g/mol. The molecule has 1 fully saturated rings. The van der Waals surface area contributed by atoms with E-state index < -0.39 is 0 Å². The van der Waals surface area contributed by atoms with Crippen molar-refractivity contribution in [3.05, 3.63) is 29.7 Å². The molecular formula is C15H22N6. The first-order valence-electron chi connectivity index (χ1n) is 7.63. The van der Waals surface area contributed by atoms with Crippen LogP contribution in [0.15, 0.2) is 12.3 Å². The van der Waals surface area contributed by atoms with Gasteiger partial charge in [-0.15, -0.1) is 0 Å². The lowest BCUT2D eigenvalue weighted by molar-refractivity contribution is 0.453. The van der Waals surface area contributed by atoms with E-state index in [4.69, 9.17) is 0 Å². The van der Waals surface area contributed by atoms with Gasteiger partial charge >= 0.3 is 0 Å². The summed E-state index contributed by atoms with van der Waals surface area (Å²) in [7, 11) is 0. The van der Waals surface area contributed by atoms with E-state index in [1.807, 2.05) is 19.2 Å². The first-order valence-corrected chi connectivity index (χ1v) is 7.63. The third kappa shape index (κ3) is 2.89. The first-order chi connectivity index (χ1) is 10.1. The molecule has 112 valence electrons. The minimum Gasteiger partial charge on any atom is -0.346 e. The number of rotatable bonds is 3. The maximum atomic E-state index is 4.68. The Kier molecular flexibility index (Phi) is 3.86. The molecule has 2 aromatic rings. The van der Waals surface area contributed by atoms with Crippen LogP contribution in [-0.2, 0) is 0 Å². The van der Waals surface area contributed by atoms with Crippen molar-refractivity contribution in [2.75, 3.05) is 11.4 Å². The standard InChI is InChI=1S/C15H22N6/c1-10(2)14-18-15(20-19-14)12-6-4-5-9-21(12)13-7-8-16-11(3)17-13/h7-8,10,12H,4-6,9H2,1-3H3,(H,18,19,20). The van der Waals surface area contributed by atoms with E-state index in [9.17, 15) is 0 Å². The molecule has 1 saturated heterocycles. The topological polar surface area (TPSA) is 70.6 Å². The highest BCUT2D eigenvalue weighted by Crippen LogP contribution is 2.32. The predicted molar refractivity (Wildman–Crippen MR) is 81.2 cm³/mol. The fourth-order valence-electron chi connectivity index (χ4n) is 2.79. The van der Waals surface area contributed by atoms with E-state index in [0.717, 1.165) is 36.3 Å². The van der Waals surface area contributed by atoms with Gasteiger partial charge in [-0.25, -0.2) is 15.0 Å². The summed E-state index contributed by atoms with van der Waals surface area (Å²) in [6.45, 7) is 7.14. The smallest absolute Gasteiger partial charge is 0.153 e. The molecule has 0 amide bonds. The normalized spacial score (nSPS) is 19.2. The summed E-state index contributed by atoms with van der Waals surface area (Å²) in [5.74, 6) is 3.96. The molecule has 3 heterocycles. The van der Waals surface area contributed by atoms with Crippen molar-refractivity contribution >= 4 is 5.82 Å². The zero-order valence-electron chi connectivity index (χ0n) is 12.9. The maximum Gasteiger partial charge on any atom is 0.153 e. The average Bonchev–Trinajstić information content (AvgIpc) is 2.97. The Hall–Kier alpha value is -1.98. The number of aromatic nitrogens is 5. The molecule has 0 saturated carbocycles. The average molecular weight is 286 g/mol. The van der Waals surface area contributed by atoms with Gasteiger partial charge in [0.2, 0.25) is 0 Å². The molecule has 1 aliphatic rings. The van der Waals surface area contributed by atoms with Gasteiger partial charge in [-0.3, -0.25) is 5.10 Å². The minimum atomic E-state index is 0.230. The van der Waals surface area contributed by atoms with Gasteiger partial charge < -0.3 is 4.90 Å². The summed E-state index contributed by atoms with van der Waals surface area (Å²) in [5.41, 5.74) is 0. The number of H-pyrrole nitrogens is 1. The fourth-order valence-corrected chi connectivity index (χ4v) is 2.79. The monoisotopic (exact) mass is 286 g/mol. The van der Waals surface area contributed by atoms with Crippen molar-refractivity contribution < 1.29 is 0 Å². The summed E-state index contributed by atoms with van der Waals surface area (Å²) >= 11 is 0. The lowest BCUT2D eigenvalue weighted by Crippen LogP contribution is -2.34. The van der Waals surface area contributed by atoms with Crippen LogP contribution >= 0.6 is 0 Å². The molecule has 2 aromatic heterocycles. The summed E-state index contributed by atoms with van der Waals surface area (Å²) in [6.07, 6.45) is 5.30. The second kappa shape index (κ2) is 5.79. The van der Waals surface area contributed by atoms with Gasteiger partial charge in [-0.05, 0) is 32.3 Å². The third-order valence-electron chi connectivity index (χ3n) is 3.91. The molecule has 1 unspecified atom stereocenters. The van der Waals surface area contributed by atoms with Crippen molar-refractivity contribution in [1.29, 1.82) is 0 Å². The van der Waals surface area contributed by atoms with Crippen LogP contribution < -0.4 is 4.90 Å². The molecule has 3 rings (SSSR count). The maximum absolute atomic E-state index is 4.68. The van der Waals surface area contributed by atoms with Gasteiger partial charge in [-0.2, -0.15) is 5.10 Å². The van der Waals surface area contributed by atoms with Crippen LogP contribution in [0.4, 0.5) is 5.82 Å². The van der Waals surface area contributed by atoms with Crippen LogP contribution in [-0.4, -0.2) is 31.7 Å². The van der Waals surface area contributed by atoms with Gasteiger partial charge in [0.1, 0.15) is 17.5 Å². The van der Waals surface area contributed by atoms with E-state index in [-0.39, 0.29) is 6.04 Å². The molecule has 6 nitrogen and oxygen atoms in total. The van der Waals surface area contributed by atoms with Crippen molar-refractivity contribution in [3.8, 4) is 0 Å². The fraction of sp³-hybridized carbons (Fsp3) is 0.600. The largest absolute Gasteiger partial charge is 0.346 e. The van der Waals surface area contributed by atoms with Crippen molar-refractivity contribution in [1.82, 2.24) is 25.1 Å². The number of hydrogen-bond donors (Lipinski definition) is 1. The highest BCUT2D eigenvalue weighted by Gasteiger charge is 2.28. The third-order valence-corrected chi connectivity index (χ3v) is 3.91. The summed E-state index contributed by atoms with van der Waals surface area (Å²) in [6, 6.07) is 2.21. The summed E-state index contributed by atoms with van der Waals surface area (Å²) in [4.78, 5) is 15.8. The number of nitrogens with zero attached hydrogens (tertiary/aromatic N) is 5. The van der Waals surface area contributed by atoms with E-state index in [0.29, 0.717) is 5.92 Å². The van der Waals surface area contributed by atoms with E-state index >= 15 is 0 Å². The van der Waals surface area contributed by atoms with Crippen LogP contribution in [0.2, 0.25) is 0 Å². The number of anilines is 1. The predicted octanol–water partition coefficient (Wildman–Crippen LogP) is 2.76. The van der Waals surface area contributed by atoms with Crippen LogP contribution in [0.1, 0.15) is 62.5 Å². The molecule has 0 aliphatic carbocycles. The minimum absolute atomic E-state index is 0.230. The molecule has 0 aromatic carbocycles. The number of aryl methyl sites for hydroxylation is 1. The Bertz CT molecular complexity index is 606. The first kappa shape index (κ1) is 14.0. The van der Waals surface area contributed by atoms with Crippen LogP contribution in [0.25, 0.3) is 0 Å². The Labute approximate surface area is 125 Å². The van der Waals surface area contributed by atoms with Crippen LogP contribution in [0, 0.1) is 6.92 Å². The SMILES string of the molecule is Cc1nccc(N2CCCCC2c2nc(C(C)C)n[nH]2)n1. The second-order valence-electron chi connectivity index (χ2n) is 5.90. The molecule has 1 aliphatic heterocycles. The van der Waals surface area contributed by atoms with E-state index in [1.165, 1.54) is 12.8 Å². The summed E-state index contributed by atoms with van der Waals surface area (Å²) < 4.78 is 0. The molecule has 6 heteroatoms. The molecule has 1 N–H and O–H groups in total. The second-order valence-corrected chi connectivity index (χ2v) is 5.90. The van der Waals surface area contributed by atoms with E-state index in [2.05, 4.69) is 43.9 Å².